The number of nitrogens with one attached hydrogen (secondary N) is 2. The lowest BCUT2D eigenvalue weighted by Gasteiger charge is -2.46. The molecule has 52 heavy (non-hydrogen) atoms. The van der Waals surface area contributed by atoms with E-state index in [2.05, 4.69) is 10.6 Å². The van der Waals surface area contributed by atoms with E-state index in [1.807, 2.05) is 0 Å². The first kappa shape index (κ1) is 42.3. The monoisotopic (exact) mass is 756 g/mol. The Kier molecular flexibility index (Phi) is 15.6. The van der Waals surface area contributed by atoms with Crippen LogP contribution in [0, 0.1) is 0 Å². The molecule has 13 N–H and O–H groups in total. The third kappa shape index (κ3) is 9.78. The van der Waals surface area contributed by atoms with Crippen LogP contribution in [0.3, 0.4) is 0 Å². The molecule has 15 atom stereocenters. The number of hydrogen-bond donors (Lipinski definition) is 13. The van der Waals surface area contributed by atoms with Crippen LogP contribution in [0.15, 0.2) is 9.59 Å². The van der Waals surface area contributed by atoms with Crippen LogP contribution in [0.5, 0.6) is 0 Å². The van der Waals surface area contributed by atoms with Crippen LogP contribution in [0.4, 0.5) is 11.4 Å². The van der Waals surface area contributed by atoms with Crippen molar-refractivity contribution in [1.29, 1.82) is 0 Å². The minimum Gasteiger partial charge on any atom is -0.481 e. The van der Waals surface area contributed by atoms with E-state index in [4.69, 9.17) is 33.5 Å². The summed E-state index contributed by atoms with van der Waals surface area (Å²) in [5, 5.41) is 117. The number of aliphatic carboxylic acids is 1. The molecular formula is C30H48N2O20. The number of unbranched alkanes of at least 4 members (excludes halogenated alkanes) is 2. The number of carbonyl (C=O) groups is 1. The van der Waals surface area contributed by atoms with Gasteiger partial charge in [0.25, 0.3) is 10.9 Å². The Morgan fingerprint density at radius 2 is 1.12 bits per heavy atom. The summed E-state index contributed by atoms with van der Waals surface area (Å²) in [6, 6.07) is 0. The molecule has 0 radical (unpaired) electrons. The molecule has 0 unspecified atom stereocenters. The van der Waals surface area contributed by atoms with Gasteiger partial charge in [-0.3, -0.25) is 14.4 Å². The van der Waals surface area contributed by atoms with Crippen LogP contribution in [-0.4, -0.2) is 194 Å². The number of ether oxygens (including phenoxy) is 6. The highest BCUT2D eigenvalue weighted by atomic mass is 16.7. The van der Waals surface area contributed by atoms with Gasteiger partial charge in [0, 0.05) is 19.5 Å². The van der Waals surface area contributed by atoms with E-state index in [0.717, 1.165) is 0 Å². The van der Waals surface area contributed by atoms with Crippen LogP contribution in [-0.2, 0) is 33.2 Å². The van der Waals surface area contributed by atoms with Gasteiger partial charge in [-0.2, -0.15) is 0 Å². The summed E-state index contributed by atoms with van der Waals surface area (Å²) in [4.78, 5) is 34.9. The van der Waals surface area contributed by atoms with Crippen molar-refractivity contribution in [1.82, 2.24) is 0 Å². The fraction of sp³-hybridized carbons (Fsp3) is 0.833. The second kappa shape index (κ2) is 19.2. The average molecular weight is 757 g/mol. The number of aliphatic hydroxyl groups is 10. The molecule has 3 fully saturated rings. The van der Waals surface area contributed by atoms with Gasteiger partial charge >= 0.3 is 5.97 Å². The summed E-state index contributed by atoms with van der Waals surface area (Å²) in [7, 11) is 0. The van der Waals surface area contributed by atoms with Crippen LogP contribution >= 0.6 is 0 Å². The van der Waals surface area contributed by atoms with Crippen molar-refractivity contribution in [3.63, 3.8) is 0 Å². The molecular weight excluding hydrogens is 708 g/mol. The van der Waals surface area contributed by atoms with Gasteiger partial charge in [-0.15, -0.1) is 0 Å². The first-order chi connectivity index (χ1) is 24.7. The van der Waals surface area contributed by atoms with Gasteiger partial charge in [0.15, 0.2) is 18.9 Å². The quantitative estimate of drug-likeness (QED) is 0.0461. The molecule has 1 aromatic carbocycles. The number of carboxylic acid groups (broad SMARTS) is 1. The Morgan fingerprint density at radius 1 is 0.596 bits per heavy atom. The van der Waals surface area contributed by atoms with Gasteiger partial charge in [0.2, 0.25) is 0 Å². The van der Waals surface area contributed by atoms with Gasteiger partial charge in [0.05, 0.1) is 26.4 Å². The number of anilines is 2. The largest absolute Gasteiger partial charge is 0.481 e. The zero-order valence-corrected chi connectivity index (χ0v) is 27.8. The van der Waals surface area contributed by atoms with E-state index in [-0.39, 0.29) is 30.9 Å². The van der Waals surface area contributed by atoms with E-state index in [0.29, 0.717) is 25.8 Å². The molecule has 1 aromatic rings. The Morgan fingerprint density at radius 3 is 1.69 bits per heavy atom. The minimum atomic E-state index is -1.92. The van der Waals surface area contributed by atoms with E-state index >= 15 is 0 Å². The van der Waals surface area contributed by atoms with Gasteiger partial charge < -0.3 is 95.2 Å². The van der Waals surface area contributed by atoms with Crippen molar-refractivity contribution in [3.8, 4) is 0 Å². The molecule has 0 bridgehead atoms. The first-order valence-corrected chi connectivity index (χ1v) is 16.8. The molecule has 22 heteroatoms. The predicted molar refractivity (Wildman–Crippen MR) is 169 cm³/mol. The lowest BCUT2D eigenvalue weighted by atomic mass is 9.96. The lowest BCUT2D eigenvalue weighted by Crippen LogP contribution is -2.65. The maximum Gasteiger partial charge on any atom is 0.303 e. The number of aliphatic hydroxyl groups excluding tert-OH is 10. The highest BCUT2D eigenvalue weighted by Crippen LogP contribution is 2.31. The molecule has 298 valence electrons. The summed E-state index contributed by atoms with van der Waals surface area (Å²) in [6.07, 6.45) is -23.9. The molecule has 4 rings (SSSR count). The van der Waals surface area contributed by atoms with Gasteiger partial charge in [-0.25, -0.2) is 0 Å². The summed E-state index contributed by atoms with van der Waals surface area (Å²) in [6.45, 7) is -2.30. The van der Waals surface area contributed by atoms with Crippen molar-refractivity contribution in [2.75, 3.05) is 50.2 Å². The third-order valence-electron chi connectivity index (χ3n) is 9.02. The Bertz CT molecular complexity index is 1340. The maximum atomic E-state index is 12.2. The molecule has 3 aliphatic rings. The summed E-state index contributed by atoms with van der Waals surface area (Å²) in [5.41, 5.74) is -1.51. The molecule has 3 heterocycles. The van der Waals surface area contributed by atoms with Crippen molar-refractivity contribution in [3.05, 3.63) is 20.4 Å². The zero-order valence-electron chi connectivity index (χ0n) is 27.8. The van der Waals surface area contributed by atoms with E-state index in [1.165, 1.54) is 0 Å². The Labute approximate surface area is 295 Å². The van der Waals surface area contributed by atoms with E-state index < -0.39 is 129 Å². The molecule has 3 saturated heterocycles. The lowest BCUT2D eigenvalue weighted by molar-refractivity contribution is -0.365. The number of rotatable bonds is 19. The Balaban J connectivity index is 1.40. The van der Waals surface area contributed by atoms with Crippen LogP contribution in [0.25, 0.3) is 0 Å². The SMILES string of the molecule is O=C(O)CCCCCNc1c(NCCO[C@@H]2O[C@H](CO[C@H]3O[C@H](CO)[C@@H](O)[C@H](O)[C@@H]3O)[C@@H](O)[C@H](O[C@H]3O[C@H](CO)[C@@H](O)[C@H](O)[C@@H]3O)[C@@H]2O)c(=O)c1=O. The predicted octanol–water partition coefficient (Wildman–Crippen LogP) is -6.78. The normalized spacial score (nSPS) is 38.3. The maximum absolute atomic E-state index is 12.2. The third-order valence-corrected chi connectivity index (χ3v) is 9.02. The van der Waals surface area contributed by atoms with Crippen LogP contribution < -0.4 is 21.5 Å². The molecule has 0 aromatic heterocycles. The summed E-state index contributed by atoms with van der Waals surface area (Å²) in [5.74, 6) is -0.916. The van der Waals surface area contributed by atoms with Gasteiger partial charge in [-0.1, -0.05) is 6.42 Å². The smallest absolute Gasteiger partial charge is 0.303 e. The van der Waals surface area contributed by atoms with Gasteiger partial charge in [-0.05, 0) is 12.8 Å². The molecule has 3 aliphatic heterocycles. The first-order valence-electron chi connectivity index (χ1n) is 16.8. The number of hydrogen-bond acceptors (Lipinski definition) is 21. The highest BCUT2D eigenvalue weighted by molar-refractivity contribution is 5.73. The molecule has 0 spiro atoms. The fourth-order valence-corrected chi connectivity index (χ4v) is 5.94. The standard InChI is InChI=1S/C30H48N2O20/c33-8-11-17(37)22(42)24(44)28(49-11)48-10-13-19(39)27(52-30-25(45)23(43)18(38)12(9-34)50-30)26(46)29(51-13)47-7-6-32-16-15(20(40)21(16)41)31-5-3-1-2-4-14(35)36/h11-13,17-19,22-34,37-39,42-46H,1-10H2,(H,35,36)/t11-,12-,13-,17-,18-,19-,22+,23+,24+,25+,26+,27+,28+,29-,30-/m1/s1. The fourth-order valence-electron chi connectivity index (χ4n) is 5.94. The molecule has 22 nitrogen and oxygen atoms in total. The number of carboxylic acids is 1. The summed E-state index contributed by atoms with van der Waals surface area (Å²) < 4.78 is 33.2. The van der Waals surface area contributed by atoms with Crippen molar-refractivity contribution in [2.24, 2.45) is 0 Å². The zero-order chi connectivity index (χ0) is 38.3. The van der Waals surface area contributed by atoms with E-state index in [9.17, 15) is 65.4 Å². The Hall–Kier alpha value is -2.49. The van der Waals surface area contributed by atoms with E-state index in [1.54, 1.807) is 0 Å². The summed E-state index contributed by atoms with van der Waals surface area (Å²) >= 11 is 0. The molecule has 0 saturated carbocycles. The second-order valence-electron chi connectivity index (χ2n) is 12.7. The molecule has 0 aliphatic carbocycles. The van der Waals surface area contributed by atoms with Crippen molar-refractivity contribution >= 4 is 17.3 Å². The molecule has 0 amide bonds. The van der Waals surface area contributed by atoms with Crippen LogP contribution in [0.2, 0.25) is 0 Å². The average Bonchev–Trinajstić information content (AvgIpc) is 3.12. The highest BCUT2D eigenvalue weighted by Gasteiger charge is 2.52. The van der Waals surface area contributed by atoms with Crippen molar-refractivity contribution < 1.29 is 89.4 Å². The van der Waals surface area contributed by atoms with Crippen molar-refractivity contribution in [2.45, 2.75) is 118 Å². The minimum absolute atomic E-state index is 0.0118. The van der Waals surface area contributed by atoms with Crippen LogP contribution in [0.1, 0.15) is 25.7 Å². The topological polar surface area (TPSA) is 353 Å². The second-order valence-corrected chi connectivity index (χ2v) is 12.7. The van der Waals surface area contributed by atoms with Gasteiger partial charge in [0.1, 0.15) is 84.6 Å².